The second-order valence-electron chi connectivity index (χ2n) is 6.75. The molecule has 0 fully saturated rings. The number of nitrogens with zero attached hydrogens (tertiary/aromatic N) is 2. The summed E-state index contributed by atoms with van der Waals surface area (Å²) in [7, 11) is 0. The number of anilines is 2. The van der Waals surface area contributed by atoms with Crippen LogP contribution in [0.1, 0.15) is 20.7 Å². The van der Waals surface area contributed by atoms with Crippen molar-refractivity contribution in [3.8, 4) is 0 Å². The van der Waals surface area contributed by atoms with Gasteiger partial charge in [0.05, 0.1) is 20.4 Å². The van der Waals surface area contributed by atoms with Crippen LogP contribution in [0.25, 0.3) is 20.4 Å². The van der Waals surface area contributed by atoms with E-state index in [1.807, 2.05) is 0 Å². The van der Waals surface area contributed by atoms with Crippen molar-refractivity contribution >= 4 is 88.4 Å². The third kappa shape index (κ3) is 4.31. The summed E-state index contributed by atoms with van der Waals surface area (Å²) in [5.74, 6) is -0.629. The molecule has 0 aliphatic heterocycles. The standard InChI is InChI=1S/C22H12Cl2N4O2S2/c23-13-5-7-15-17(9-13)31-21(25-15)27-19(29)11-1-2-12(4-3-11)20(30)28-22-26-16-8-6-14(24)10-18(16)32-22/h1-10H,(H,25,27,29)(H,26,28,30). The molecule has 32 heavy (non-hydrogen) atoms. The third-order valence-electron chi connectivity index (χ3n) is 4.55. The Labute approximate surface area is 199 Å². The van der Waals surface area contributed by atoms with E-state index in [9.17, 15) is 9.59 Å². The molecule has 0 radical (unpaired) electrons. The van der Waals surface area contributed by atoms with Crippen molar-refractivity contribution in [1.82, 2.24) is 9.97 Å². The van der Waals surface area contributed by atoms with Gasteiger partial charge in [-0.2, -0.15) is 0 Å². The van der Waals surface area contributed by atoms with Gasteiger partial charge in [0.1, 0.15) is 0 Å². The lowest BCUT2D eigenvalue weighted by Gasteiger charge is -2.04. The topological polar surface area (TPSA) is 84.0 Å². The summed E-state index contributed by atoms with van der Waals surface area (Å²) >= 11 is 14.7. The molecule has 2 heterocycles. The molecule has 2 amide bonds. The van der Waals surface area contributed by atoms with Crippen LogP contribution in [-0.2, 0) is 0 Å². The highest BCUT2D eigenvalue weighted by Gasteiger charge is 2.13. The van der Waals surface area contributed by atoms with Crippen molar-refractivity contribution in [3.05, 3.63) is 81.8 Å². The smallest absolute Gasteiger partial charge is 0.257 e. The number of fused-ring (bicyclic) bond motifs is 2. The van der Waals surface area contributed by atoms with Crippen LogP contribution < -0.4 is 10.6 Å². The molecule has 0 saturated carbocycles. The highest BCUT2D eigenvalue weighted by atomic mass is 35.5. The molecule has 0 aliphatic carbocycles. The van der Waals surface area contributed by atoms with Crippen LogP contribution in [0.5, 0.6) is 0 Å². The number of amides is 2. The number of benzene rings is 3. The number of carbonyl (C=O) groups excluding carboxylic acids is 2. The molecule has 2 N–H and O–H groups in total. The second-order valence-corrected chi connectivity index (χ2v) is 9.68. The maximum Gasteiger partial charge on any atom is 0.257 e. The molecule has 0 atom stereocenters. The minimum atomic E-state index is -0.315. The van der Waals surface area contributed by atoms with Crippen LogP contribution in [-0.4, -0.2) is 21.8 Å². The zero-order chi connectivity index (χ0) is 22.2. The van der Waals surface area contributed by atoms with E-state index in [0.29, 0.717) is 31.4 Å². The quantitative estimate of drug-likeness (QED) is 0.288. The molecule has 3 aromatic carbocycles. The Kier molecular flexibility index (Phi) is 5.52. The van der Waals surface area contributed by atoms with Gasteiger partial charge in [0.2, 0.25) is 0 Å². The number of halogens is 2. The van der Waals surface area contributed by atoms with Gasteiger partial charge in [-0.05, 0) is 60.7 Å². The molecule has 0 aliphatic rings. The van der Waals surface area contributed by atoms with E-state index in [4.69, 9.17) is 23.2 Å². The first-order chi connectivity index (χ1) is 15.4. The number of nitrogens with one attached hydrogen (secondary N) is 2. The van der Waals surface area contributed by atoms with E-state index in [-0.39, 0.29) is 11.8 Å². The molecule has 0 unspecified atom stereocenters. The molecule has 5 aromatic rings. The zero-order valence-corrected chi connectivity index (χ0v) is 19.2. The van der Waals surface area contributed by atoms with Crippen molar-refractivity contribution in [2.24, 2.45) is 0 Å². The summed E-state index contributed by atoms with van der Waals surface area (Å²) < 4.78 is 1.77. The zero-order valence-electron chi connectivity index (χ0n) is 16.1. The summed E-state index contributed by atoms with van der Waals surface area (Å²) in [6.45, 7) is 0. The molecule has 158 valence electrons. The number of aromatic nitrogens is 2. The number of thiazole rings is 2. The van der Waals surface area contributed by atoms with Gasteiger partial charge in [-0.25, -0.2) is 9.97 Å². The molecular formula is C22H12Cl2N4O2S2. The fourth-order valence-electron chi connectivity index (χ4n) is 3.02. The van der Waals surface area contributed by atoms with Crippen molar-refractivity contribution in [3.63, 3.8) is 0 Å². The first-order valence-corrected chi connectivity index (χ1v) is 11.7. The lowest BCUT2D eigenvalue weighted by molar-refractivity contribution is 0.101. The molecule has 6 nitrogen and oxygen atoms in total. The van der Waals surface area contributed by atoms with E-state index in [1.165, 1.54) is 22.7 Å². The van der Waals surface area contributed by atoms with Gasteiger partial charge < -0.3 is 0 Å². The molecular weight excluding hydrogens is 487 g/mol. The first kappa shape index (κ1) is 20.8. The molecule has 2 aromatic heterocycles. The first-order valence-electron chi connectivity index (χ1n) is 9.29. The van der Waals surface area contributed by atoms with E-state index in [1.54, 1.807) is 60.7 Å². The monoisotopic (exact) mass is 498 g/mol. The van der Waals surface area contributed by atoms with Crippen LogP contribution in [0, 0.1) is 0 Å². The lowest BCUT2D eigenvalue weighted by Crippen LogP contribution is -2.14. The van der Waals surface area contributed by atoms with Crippen molar-refractivity contribution in [2.75, 3.05) is 10.6 Å². The Morgan fingerprint density at radius 3 is 1.47 bits per heavy atom. The van der Waals surface area contributed by atoms with E-state index in [0.717, 1.165) is 20.4 Å². The molecule has 0 bridgehead atoms. The predicted octanol–water partition coefficient (Wildman–Crippen LogP) is 6.72. The predicted molar refractivity (Wildman–Crippen MR) is 132 cm³/mol. The highest BCUT2D eigenvalue weighted by molar-refractivity contribution is 7.22. The number of hydrogen-bond acceptors (Lipinski definition) is 6. The molecule has 5 rings (SSSR count). The van der Waals surface area contributed by atoms with Gasteiger partial charge in [-0.15, -0.1) is 0 Å². The van der Waals surface area contributed by atoms with Crippen molar-refractivity contribution in [2.45, 2.75) is 0 Å². The summed E-state index contributed by atoms with van der Waals surface area (Å²) in [6, 6.07) is 17.1. The van der Waals surface area contributed by atoms with Gasteiger partial charge in [0.15, 0.2) is 10.3 Å². The third-order valence-corrected chi connectivity index (χ3v) is 6.89. The minimum absolute atomic E-state index is 0.315. The second kappa shape index (κ2) is 8.48. The largest absolute Gasteiger partial charge is 0.298 e. The van der Waals surface area contributed by atoms with Crippen molar-refractivity contribution in [1.29, 1.82) is 0 Å². The summed E-state index contributed by atoms with van der Waals surface area (Å²) in [5.41, 5.74) is 2.35. The van der Waals surface area contributed by atoms with Crippen LogP contribution in [0.15, 0.2) is 60.7 Å². The summed E-state index contributed by atoms with van der Waals surface area (Å²) in [5, 5.41) is 7.74. The number of hydrogen-bond donors (Lipinski definition) is 2. The van der Waals surface area contributed by atoms with Crippen LogP contribution in [0.3, 0.4) is 0 Å². The molecule has 0 spiro atoms. The molecule has 0 saturated heterocycles. The Morgan fingerprint density at radius 1 is 0.656 bits per heavy atom. The fraction of sp³-hybridized carbons (Fsp3) is 0. The van der Waals surface area contributed by atoms with E-state index < -0.39 is 0 Å². The SMILES string of the molecule is O=C(Nc1nc2ccc(Cl)cc2s1)c1ccc(C(=O)Nc2nc3ccc(Cl)cc3s2)cc1. The maximum absolute atomic E-state index is 12.6. The highest BCUT2D eigenvalue weighted by Crippen LogP contribution is 2.29. The number of carbonyl (C=O) groups is 2. The van der Waals surface area contributed by atoms with Crippen molar-refractivity contribution < 1.29 is 9.59 Å². The average Bonchev–Trinajstić information content (AvgIpc) is 3.35. The summed E-state index contributed by atoms with van der Waals surface area (Å²) in [6.07, 6.45) is 0. The average molecular weight is 499 g/mol. The maximum atomic E-state index is 12.6. The van der Waals surface area contributed by atoms with E-state index >= 15 is 0 Å². The Morgan fingerprint density at radius 2 is 1.06 bits per heavy atom. The summed E-state index contributed by atoms with van der Waals surface area (Å²) in [4.78, 5) is 33.9. The Bertz CT molecular complexity index is 1380. The van der Waals surface area contributed by atoms with Gasteiger partial charge in [0.25, 0.3) is 11.8 Å². The normalized spacial score (nSPS) is 11.1. The Hall–Kier alpha value is -3.04. The van der Waals surface area contributed by atoms with Crippen LogP contribution >= 0.6 is 45.9 Å². The van der Waals surface area contributed by atoms with Gasteiger partial charge in [-0.3, -0.25) is 20.2 Å². The van der Waals surface area contributed by atoms with E-state index in [2.05, 4.69) is 20.6 Å². The van der Waals surface area contributed by atoms with Crippen LogP contribution in [0.2, 0.25) is 10.0 Å². The lowest BCUT2D eigenvalue weighted by atomic mass is 10.1. The van der Waals surface area contributed by atoms with Gasteiger partial charge in [-0.1, -0.05) is 45.9 Å². The van der Waals surface area contributed by atoms with Crippen LogP contribution in [0.4, 0.5) is 10.3 Å². The van der Waals surface area contributed by atoms with Gasteiger partial charge in [0, 0.05) is 21.2 Å². The Balaban J connectivity index is 1.27. The van der Waals surface area contributed by atoms with Gasteiger partial charge >= 0.3 is 0 Å². The molecule has 10 heteroatoms. The fourth-order valence-corrected chi connectivity index (χ4v) is 5.29. The minimum Gasteiger partial charge on any atom is -0.298 e. The number of rotatable bonds is 4.